The van der Waals surface area contributed by atoms with Crippen LogP contribution < -0.4 is 10.5 Å². The minimum Gasteiger partial charge on any atom is -0.312 e. The van der Waals surface area contributed by atoms with Gasteiger partial charge in [-0.1, -0.05) is 6.07 Å². The number of hydrogen-bond acceptors (Lipinski definition) is 3. The third kappa shape index (κ3) is 3.25. The minimum atomic E-state index is -0.110. The van der Waals surface area contributed by atoms with Gasteiger partial charge in [0.2, 0.25) is 5.91 Å². The Kier molecular flexibility index (Phi) is 4.51. The molecule has 2 heterocycles. The standard InChI is InChI=1S/C19H23N3O2/c1-13-9-14(2)16-5-4-7-22(17(16)10-13)18(23)6-8-21-12-20-15(3)11-19(21)24/h9-12H,4-8H2,1-3H3. The number of nitrogens with zero attached hydrogens (tertiary/aromatic N) is 3. The first-order valence-electron chi connectivity index (χ1n) is 8.39. The van der Waals surface area contributed by atoms with Gasteiger partial charge in [-0.25, -0.2) is 4.98 Å². The quantitative estimate of drug-likeness (QED) is 0.871. The van der Waals surface area contributed by atoms with Crippen molar-refractivity contribution in [2.24, 2.45) is 0 Å². The number of carbonyl (C=O) groups excluding carboxylic acids is 1. The highest BCUT2D eigenvalue weighted by Gasteiger charge is 2.23. The summed E-state index contributed by atoms with van der Waals surface area (Å²) in [5.41, 5.74) is 5.32. The number of aromatic nitrogens is 2. The second kappa shape index (κ2) is 6.59. The first-order chi connectivity index (χ1) is 11.5. The van der Waals surface area contributed by atoms with Crippen molar-refractivity contribution in [1.82, 2.24) is 9.55 Å². The van der Waals surface area contributed by atoms with Gasteiger partial charge < -0.3 is 4.90 Å². The van der Waals surface area contributed by atoms with Gasteiger partial charge in [-0.2, -0.15) is 0 Å². The molecule has 126 valence electrons. The molecule has 2 aromatic rings. The Bertz CT molecular complexity index is 839. The molecule has 24 heavy (non-hydrogen) atoms. The van der Waals surface area contributed by atoms with Crippen molar-refractivity contribution < 1.29 is 4.79 Å². The van der Waals surface area contributed by atoms with Gasteiger partial charge in [0.1, 0.15) is 0 Å². The summed E-state index contributed by atoms with van der Waals surface area (Å²) in [6.45, 7) is 7.06. The normalized spacial score (nSPS) is 13.7. The summed E-state index contributed by atoms with van der Waals surface area (Å²) in [6, 6.07) is 5.76. The van der Waals surface area contributed by atoms with Crippen molar-refractivity contribution in [2.45, 2.75) is 46.6 Å². The second-order valence-corrected chi connectivity index (χ2v) is 6.54. The number of amides is 1. The van der Waals surface area contributed by atoms with E-state index < -0.39 is 0 Å². The van der Waals surface area contributed by atoms with Crippen molar-refractivity contribution in [2.75, 3.05) is 11.4 Å². The largest absolute Gasteiger partial charge is 0.312 e. The lowest BCUT2D eigenvalue weighted by molar-refractivity contribution is -0.118. The molecule has 0 bridgehead atoms. The Morgan fingerprint density at radius 2 is 2.00 bits per heavy atom. The molecule has 0 fully saturated rings. The number of fused-ring (bicyclic) bond motifs is 1. The average molecular weight is 325 g/mol. The zero-order chi connectivity index (χ0) is 17.3. The van der Waals surface area contributed by atoms with Crippen LogP contribution >= 0.6 is 0 Å². The first-order valence-corrected chi connectivity index (χ1v) is 8.39. The van der Waals surface area contributed by atoms with Gasteiger partial charge in [0.15, 0.2) is 0 Å². The summed E-state index contributed by atoms with van der Waals surface area (Å²) in [6.07, 6.45) is 3.82. The number of carbonyl (C=O) groups is 1. The van der Waals surface area contributed by atoms with E-state index in [1.165, 1.54) is 33.7 Å². The molecular formula is C19H23N3O2. The number of hydrogen-bond donors (Lipinski definition) is 0. The molecule has 1 aliphatic rings. The lowest BCUT2D eigenvalue weighted by Crippen LogP contribution is -2.37. The minimum absolute atomic E-state index is 0.0634. The third-order valence-electron chi connectivity index (χ3n) is 4.58. The van der Waals surface area contributed by atoms with Crippen molar-refractivity contribution in [3.8, 4) is 0 Å². The van der Waals surface area contributed by atoms with Crippen LogP contribution in [0.25, 0.3) is 0 Å². The van der Waals surface area contributed by atoms with Crippen molar-refractivity contribution in [1.29, 1.82) is 0 Å². The molecule has 0 radical (unpaired) electrons. The van der Waals surface area contributed by atoms with Crippen LogP contribution in [0.4, 0.5) is 5.69 Å². The summed E-state index contributed by atoms with van der Waals surface area (Å²) in [4.78, 5) is 30.6. The van der Waals surface area contributed by atoms with E-state index in [9.17, 15) is 9.59 Å². The zero-order valence-corrected chi connectivity index (χ0v) is 14.5. The average Bonchev–Trinajstić information content (AvgIpc) is 2.53. The summed E-state index contributed by atoms with van der Waals surface area (Å²) >= 11 is 0. The molecule has 1 aromatic carbocycles. The zero-order valence-electron chi connectivity index (χ0n) is 14.5. The summed E-state index contributed by atoms with van der Waals surface area (Å²) in [7, 11) is 0. The van der Waals surface area contributed by atoms with Crippen molar-refractivity contribution in [3.05, 3.63) is 57.3 Å². The summed E-state index contributed by atoms with van der Waals surface area (Å²) in [5, 5.41) is 0. The van der Waals surface area contributed by atoms with E-state index in [-0.39, 0.29) is 11.5 Å². The Morgan fingerprint density at radius 1 is 1.21 bits per heavy atom. The molecule has 0 atom stereocenters. The van der Waals surface area contributed by atoms with Crippen LogP contribution in [0.3, 0.4) is 0 Å². The number of aryl methyl sites for hydroxylation is 4. The number of benzene rings is 1. The van der Waals surface area contributed by atoms with Crippen molar-refractivity contribution >= 4 is 11.6 Å². The van der Waals surface area contributed by atoms with E-state index in [0.29, 0.717) is 18.7 Å². The third-order valence-corrected chi connectivity index (χ3v) is 4.58. The smallest absolute Gasteiger partial charge is 0.253 e. The van der Waals surface area contributed by atoms with Gasteiger partial charge >= 0.3 is 0 Å². The summed E-state index contributed by atoms with van der Waals surface area (Å²) in [5.74, 6) is 0.0634. The molecule has 0 saturated carbocycles. The second-order valence-electron chi connectivity index (χ2n) is 6.54. The van der Waals surface area contributed by atoms with Crippen LogP contribution in [0.15, 0.2) is 29.3 Å². The maximum atomic E-state index is 12.7. The SMILES string of the molecule is Cc1cc(C)c2c(c1)N(C(=O)CCn1cnc(C)cc1=O)CCC2. The fourth-order valence-electron chi connectivity index (χ4n) is 3.37. The number of rotatable bonds is 3. The highest BCUT2D eigenvalue weighted by atomic mass is 16.2. The molecule has 0 saturated heterocycles. The molecule has 1 amide bonds. The van der Waals surface area contributed by atoms with E-state index >= 15 is 0 Å². The van der Waals surface area contributed by atoms with Crippen LogP contribution in [0, 0.1) is 20.8 Å². The Balaban J connectivity index is 1.78. The molecule has 5 nitrogen and oxygen atoms in total. The monoisotopic (exact) mass is 325 g/mol. The van der Waals surface area contributed by atoms with Crippen LogP contribution in [0.1, 0.15) is 35.2 Å². The fourth-order valence-corrected chi connectivity index (χ4v) is 3.37. The van der Waals surface area contributed by atoms with Gasteiger partial charge in [0.25, 0.3) is 5.56 Å². The highest BCUT2D eigenvalue weighted by Crippen LogP contribution is 2.31. The van der Waals surface area contributed by atoms with Crippen LogP contribution in [-0.4, -0.2) is 22.0 Å². The van der Waals surface area contributed by atoms with E-state index in [4.69, 9.17) is 0 Å². The molecule has 1 aliphatic heterocycles. The number of anilines is 1. The topological polar surface area (TPSA) is 55.2 Å². The van der Waals surface area contributed by atoms with Gasteiger partial charge in [-0.15, -0.1) is 0 Å². The van der Waals surface area contributed by atoms with E-state index in [1.54, 1.807) is 6.92 Å². The maximum absolute atomic E-state index is 12.7. The lowest BCUT2D eigenvalue weighted by atomic mass is 9.95. The molecule has 1 aromatic heterocycles. The fraction of sp³-hybridized carbons (Fsp3) is 0.421. The van der Waals surface area contributed by atoms with Gasteiger partial charge in [-0.3, -0.25) is 14.2 Å². The molecular weight excluding hydrogens is 302 g/mol. The Labute approximate surface area is 141 Å². The van der Waals surface area contributed by atoms with Crippen LogP contribution in [0.5, 0.6) is 0 Å². The van der Waals surface area contributed by atoms with E-state index in [1.807, 2.05) is 4.90 Å². The highest BCUT2D eigenvalue weighted by molar-refractivity contribution is 5.94. The lowest BCUT2D eigenvalue weighted by Gasteiger charge is -2.31. The molecule has 0 N–H and O–H groups in total. The molecule has 0 unspecified atom stereocenters. The molecule has 3 rings (SSSR count). The van der Waals surface area contributed by atoms with Gasteiger partial charge in [-0.05, 0) is 56.4 Å². The van der Waals surface area contributed by atoms with Gasteiger partial charge in [0.05, 0.1) is 6.33 Å². The Morgan fingerprint density at radius 3 is 2.75 bits per heavy atom. The van der Waals surface area contributed by atoms with Crippen LogP contribution in [0.2, 0.25) is 0 Å². The molecule has 0 spiro atoms. The molecule has 0 aliphatic carbocycles. The maximum Gasteiger partial charge on any atom is 0.253 e. The predicted molar refractivity (Wildman–Crippen MR) is 94.4 cm³/mol. The van der Waals surface area contributed by atoms with Crippen LogP contribution in [-0.2, 0) is 17.8 Å². The van der Waals surface area contributed by atoms with E-state index in [0.717, 1.165) is 25.1 Å². The van der Waals surface area contributed by atoms with Crippen molar-refractivity contribution in [3.63, 3.8) is 0 Å². The molecule has 5 heteroatoms. The van der Waals surface area contributed by atoms with Gasteiger partial charge in [0, 0.05) is 37.0 Å². The first kappa shape index (κ1) is 16.4. The summed E-state index contributed by atoms with van der Waals surface area (Å²) < 4.78 is 1.50. The Hall–Kier alpha value is -2.43. The predicted octanol–water partition coefficient (Wildman–Crippen LogP) is 2.54. The van der Waals surface area contributed by atoms with E-state index in [2.05, 4.69) is 31.0 Å².